The van der Waals surface area contributed by atoms with Crippen molar-refractivity contribution < 1.29 is 14.8 Å². The Labute approximate surface area is 105 Å². The van der Waals surface area contributed by atoms with Crippen molar-refractivity contribution in [3.63, 3.8) is 0 Å². The SMILES string of the molecule is NC(=O)C1CCN(C(=O)C2(C(N)=NO)CCC2)C1. The van der Waals surface area contributed by atoms with E-state index >= 15 is 0 Å². The van der Waals surface area contributed by atoms with Gasteiger partial charge in [-0.05, 0) is 19.3 Å². The molecule has 18 heavy (non-hydrogen) atoms. The fraction of sp³-hybridized carbons (Fsp3) is 0.727. The second kappa shape index (κ2) is 4.47. The first-order valence-corrected chi connectivity index (χ1v) is 6.08. The Morgan fingerprint density at radius 1 is 1.33 bits per heavy atom. The minimum absolute atomic E-state index is 0.0266. The number of rotatable bonds is 3. The number of carbonyl (C=O) groups is 2. The van der Waals surface area contributed by atoms with Gasteiger partial charge in [0.15, 0.2) is 5.84 Å². The first-order chi connectivity index (χ1) is 8.51. The van der Waals surface area contributed by atoms with Gasteiger partial charge in [0.25, 0.3) is 0 Å². The van der Waals surface area contributed by atoms with Crippen LogP contribution in [0.5, 0.6) is 0 Å². The predicted octanol–water partition coefficient (Wildman–Crippen LogP) is -0.763. The molecule has 2 amide bonds. The van der Waals surface area contributed by atoms with E-state index in [0.717, 1.165) is 6.42 Å². The Morgan fingerprint density at radius 3 is 2.39 bits per heavy atom. The zero-order valence-electron chi connectivity index (χ0n) is 10.1. The lowest BCUT2D eigenvalue weighted by molar-refractivity contribution is -0.141. The van der Waals surface area contributed by atoms with E-state index in [-0.39, 0.29) is 23.6 Å². The number of amidine groups is 1. The summed E-state index contributed by atoms with van der Waals surface area (Å²) in [6.07, 6.45) is 2.67. The molecule has 0 aromatic heterocycles. The first-order valence-electron chi connectivity index (χ1n) is 6.08. The number of likely N-dealkylation sites (tertiary alicyclic amines) is 1. The van der Waals surface area contributed by atoms with Crippen LogP contribution in [-0.4, -0.2) is 40.8 Å². The lowest BCUT2D eigenvalue weighted by Gasteiger charge is -2.41. The van der Waals surface area contributed by atoms with Gasteiger partial charge in [-0.15, -0.1) is 0 Å². The fourth-order valence-electron chi connectivity index (χ4n) is 2.69. The van der Waals surface area contributed by atoms with E-state index in [1.807, 2.05) is 0 Å². The number of primary amides is 1. The van der Waals surface area contributed by atoms with Crippen molar-refractivity contribution in [1.82, 2.24) is 4.90 Å². The molecule has 2 fully saturated rings. The van der Waals surface area contributed by atoms with Crippen molar-refractivity contribution in [1.29, 1.82) is 0 Å². The molecular weight excluding hydrogens is 236 g/mol. The number of hydrogen-bond acceptors (Lipinski definition) is 4. The van der Waals surface area contributed by atoms with Crippen LogP contribution in [0.2, 0.25) is 0 Å². The molecule has 100 valence electrons. The summed E-state index contributed by atoms with van der Waals surface area (Å²) in [5, 5.41) is 11.8. The maximum atomic E-state index is 12.4. The summed E-state index contributed by atoms with van der Waals surface area (Å²) in [4.78, 5) is 25.1. The molecule has 1 unspecified atom stereocenters. The topological polar surface area (TPSA) is 122 Å². The van der Waals surface area contributed by atoms with Crippen molar-refractivity contribution in [3.05, 3.63) is 0 Å². The number of amides is 2. The lowest BCUT2D eigenvalue weighted by Crippen LogP contribution is -2.54. The normalized spacial score (nSPS) is 26.8. The summed E-state index contributed by atoms with van der Waals surface area (Å²) in [5.74, 6) is -0.829. The standard InChI is InChI=1S/C11H18N4O3/c12-8(16)7-2-5-15(6-7)10(17)11(3-1-4-11)9(13)14-18/h7,18H,1-6H2,(H2,12,16)(H2,13,14). The van der Waals surface area contributed by atoms with Gasteiger partial charge in [0.1, 0.15) is 5.41 Å². The predicted molar refractivity (Wildman–Crippen MR) is 63.6 cm³/mol. The number of carbonyl (C=O) groups excluding carboxylic acids is 2. The molecule has 1 heterocycles. The Hall–Kier alpha value is -1.79. The van der Waals surface area contributed by atoms with Crippen molar-refractivity contribution in [2.45, 2.75) is 25.7 Å². The Morgan fingerprint density at radius 2 is 2.00 bits per heavy atom. The summed E-state index contributed by atoms with van der Waals surface area (Å²) >= 11 is 0. The van der Waals surface area contributed by atoms with Crippen LogP contribution in [0.3, 0.4) is 0 Å². The van der Waals surface area contributed by atoms with Crippen molar-refractivity contribution in [2.24, 2.45) is 28.0 Å². The van der Waals surface area contributed by atoms with E-state index in [4.69, 9.17) is 16.7 Å². The summed E-state index contributed by atoms with van der Waals surface area (Å²) in [6.45, 7) is 0.849. The van der Waals surface area contributed by atoms with Gasteiger partial charge in [-0.25, -0.2) is 0 Å². The van der Waals surface area contributed by atoms with Crippen molar-refractivity contribution in [3.8, 4) is 0 Å². The fourth-order valence-corrected chi connectivity index (χ4v) is 2.69. The van der Waals surface area contributed by atoms with E-state index in [1.54, 1.807) is 4.90 Å². The minimum Gasteiger partial charge on any atom is -0.409 e. The Balaban J connectivity index is 2.10. The van der Waals surface area contributed by atoms with Crippen LogP contribution < -0.4 is 11.5 Å². The van der Waals surface area contributed by atoms with Gasteiger partial charge in [-0.1, -0.05) is 11.6 Å². The van der Waals surface area contributed by atoms with Gasteiger partial charge in [-0.2, -0.15) is 0 Å². The van der Waals surface area contributed by atoms with Gasteiger partial charge in [0, 0.05) is 13.1 Å². The van der Waals surface area contributed by atoms with Crippen molar-refractivity contribution >= 4 is 17.6 Å². The van der Waals surface area contributed by atoms with Gasteiger partial charge < -0.3 is 21.6 Å². The highest BCUT2D eigenvalue weighted by atomic mass is 16.4. The highest BCUT2D eigenvalue weighted by Gasteiger charge is 2.51. The zero-order chi connectivity index (χ0) is 13.3. The number of hydrogen-bond donors (Lipinski definition) is 3. The van der Waals surface area contributed by atoms with Gasteiger partial charge in [0.05, 0.1) is 5.92 Å². The highest BCUT2D eigenvalue weighted by Crippen LogP contribution is 2.43. The van der Waals surface area contributed by atoms with Gasteiger partial charge in [0.2, 0.25) is 11.8 Å². The highest BCUT2D eigenvalue weighted by molar-refractivity contribution is 6.07. The molecule has 7 heteroatoms. The molecule has 2 aliphatic rings. The van der Waals surface area contributed by atoms with Crippen LogP contribution in [0.15, 0.2) is 5.16 Å². The Bertz CT molecular complexity index is 403. The maximum Gasteiger partial charge on any atom is 0.236 e. The van der Waals surface area contributed by atoms with Crippen LogP contribution in [0.4, 0.5) is 0 Å². The monoisotopic (exact) mass is 254 g/mol. The average Bonchev–Trinajstić information content (AvgIpc) is 2.76. The summed E-state index contributed by atoms with van der Waals surface area (Å²) in [5.41, 5.74) is 10.0. The van der Waals surface area contributed by atoms with Crippen LogP contribution >= 0.6 is 0 Å². The van der Waals surface area contributed by atoms with E-state index < -0.39 is 5.41 Å². The third-order valence-electron chi connectivity index (χ3n) is 4.09. The van der Waals surface area contributed by atoms with Crippen LogP contribution in [0, 0.1) is 11.3 Å². The molecule has 1 atom stereocenters. The van der Waals surface area contributed by atoms with Gasteiger partial charge >= 0.3 is 0 Å². The summed E-state index contributed by atoms with van der Waals surface area (Å²) in [7, 11) is 0. The molecule has 1 saturated carbocycles. The number of nitrogens with zero attached hydrogens (tertiary/aromatic N) is 2. The van der Waals surface area contributed by atoms with E-state index in [2.05, 4.69) is 5.16 Å². The minimum atomic E-state index is -0.860. The summed E-state index contributed by atoms with van der Waals surface area (Å²) in [6, 6.07) is 0. The van der Waals surface area contributed by atoms with Crippen LogP contribution in [0.25, 0.3) is 0 Å². The van der Waals surface area contributed by atoms with Gasteiger partial charge in [-0.3, -0.25) is 9.59 Å². The molecule has 0 aromatic carbocycles. The molecule has 1 aliphatic heterocycles. The summed E-state index contributed by atoms with van der Waals surface area (Å²) < 4.78 is 0. The van der Waals surface area contributed by atoms with Crippen LogP contribution in [0.1, 0.15) is 25.7 Å². The van der Waals surface area contributed by atoms with E-state index in [9.17, 15) is 9.59 Å². The molecule has 7 nitrogen and oxygen atoms in total. The molecule has 0 bridgehead atoms. The molecule has 2 rings (SSSR count). The molecule has 0 spiro atoms. The molecule has 1 saturated heterocycles. The molecule has 0 aromatic rings. The Kier molecular flexibility index (Phi) is 3.14. The largest absolute Gasteiger partial charge is 0.409 e. The quantitative estimate of drug-likeness (QED) is 0.265. The van der Waals surface area contributed by atoms with E-state index in [0.29, 0.717) is 32.4 Å². The zero-order valence-corrected chi connectivity index (χ0v) is 10.1. The third kappa shape index (κ3) is 1.79. The maximum absolute atomic E-state index is 12.4. The average molecular weight is 254 g/mol. The second-order valence-electron chi connectivity index (χ2n) is 5.06. The molecule has 0 radical (unpaired) electrons. The lowest BCUT2D eigenvalue weighted by atomic mass is 9.67. The molecule has 5 N–H and O–H groups in total. The third-order valence-corrected chi connectivity index (χ3v) is 4.09. The van der Waals surface area contributed by atoms with Crippen molar-refractivity contribution in [2.75, 3.05) is 13.1 Å². The van der Waals surface area contributed by atoms with E-state index in [1.165, 1.54) is 0 Å². The molecule has 1 aliphatic carbocycles. The number of nitrogens with two attached hydrogens (primary N) is 2. The number of oxime groups is 1. The smallest absolute Gasteiger partial charge is 0.236 e. The second-order valence-corrected chi connectivity index (χ2v) is 5.06. The molecular formula is C11H18N4O3. The first kappa shape index (κ1) is 12.7. The van der Waals surface area contributed by atoms with Crippen LogP contribution in [-0.2, 0) is 9.59 Å².